The van der Waals surface area contributed by atoms with Gasteiger partial charge in [-0.1, -0.05) is 11.8 Å². The van der Waals surface area contributed by atoms with Crippen molar-refractivity contribution >= 4 is 29.3 Å². The van der Waals surface area contributed by atoms with Crippen molar-refractivity contribution in [2.24, 2.45) is 4.99 Å². The van der Waals surface area contributed by atoms with Crippen molar-refractivity contribution in [3.05, 3.63) is 53.3 Å². The number of hydrogen-bond acceptors (Lipinski definition) is 4. The first-order valence-corrected chi connectivity index (χ1v) is 9.12. The SMILES string of the molecule is O=C(O)c1ccc2c(c1)N=C(N1CCCCC1)c1cc(F)ccc1S2. The van der Waals surface area contributed by atoms with Crippen LogP contribution < -0.4 is 0 Å². The summed E-state index contributed by atoms with van der Waals surface area (Å²) in [6.45, 7) is 1.76. The van der Waals surface area contributed by atoms with Crippen LogP contribution in [-0.4, -0.2) is 34.9 Å². The molecule has 25 heavy (non-hydrogen) atoms. The molecule has 0 amide bonds. The molecule has 0 atom stereocenters. The molecule has 2 aromatic carbocycles. The zero-order chi connectivity index (χ0) is 17.4. The average molecular weight is 356 g/mol. The molecule has 0 saturated carbocycles. The maximum Gasteiger partial charge on any atom is 0.335 e. The predicted octanol–water partition coefficient (Wildman–Crippen LogP) is 4.55. The summed E-state index contributed by atoms with van der Waals surface area (Å²) >= 11 is 1.50. The van der Waals surface area contributed by atoms with Crippen LogP contribution in [0.4, 0.5) is 10.1 Å². The van der Waals surface area contributed by atoms with E-state index in [1.807, 2.05) is 0 Å². The zero-order valence-corrected chi connectivity index (χ0v) is 14.4. The van der Waals surface area contributed by atoms with Crippen molar-refractivity contribution in [3.8, 4) is 0 Å². The molecule has 6 heteroatoms. The lowest BCUT2D eigenvalue weighted by molar-refractivity contribution is 0.0697. The van der Waals surface area contributed by atoms with Gasteiger partial charge in [0.1, 0.15) is 11.7 Å². The van der Waals surface area contributed by atoms with E-state index >= 15 is 0 Å². The fraction of sp³-hybridized carbons (Fsp3) is 0.263. The third kappa shape index (κ3) is 3.14. The predicted molar refractivity (Wildman–Crippen MR) is 95.5 cm³/mol. The summed E-state index contributed by atoms with van der Waals surface area (Å²) in [7, 11) is 0. The fourth-order valence-electron chi connectivity index (χ4n) is 3.23. The number of nitrogens with zero attached hydrogens (tertiary/aromatic N) is 2. The molecule has 0 aliphatic carbocycles. The van der Waals surface area contributed by atoms with E-state index in [9.17, 15) is 14.3 Å². The van der Waals surface area contributed by atoms with Crippen LogP contribution in [0.25, 0.3) is 0 Å². The van der Waals surface area contributed by atoms with Gasteiger partial charge in [0, 0.05) is 28.4 Å². The van der Waals surface area contributed by atoms with E-state index in [-0.39, 0.29) is 11.4 Å². The summed E-state index contributed by atoms with van der Waals surface area (Å²) in [6, 6.07) is 9.71. The fourth-order valence-corrected chi connectivity index (χ4v) is 4.21. The molecule has 128 valence electrons. The molecule has 1 N–H and O–H groups in total. The normalized spacial score (nSPS) is 16.5. The summed E-state index contributed by atoms with van der Waals surface area (Å²) in [4.78, 5) is 20.1. The topological polar surface area (TPSA) is 52.9 Å². The monoisotopic (exact) mass is 356 g/mol. The Kier molecular flexibility index (Phi) is 4.21. The van der Waals surface area contributed by atoms with Crippen LogP contribution in [0.5, 0.6) is 0 Å². The molecule has 2 heterocycles. The minimum absolute atomic E-state index is 0.207. The maximum atomic E-state index is 13.9. The number of piperidine rings is 1. The third-order valence-corrected chi connectivity index (χ3v) is 5.63. The van der Waals surface area contributed by atoms with E-state index in [1.165, 1.54) is 30.3 Å². The van der Waals surface area contributed by atoms with Crippen LogP contribution in [0.15, 0.2) is 51.2 Å². The van der Waals surface area contributed by atoms with Crippen molar-refractivity contribution < 1.29 is 14.3 Å². The van der Waals surface area contributed by atoms with Gasteiger partial charge in [0.15, 0.2) is 0 Å². The number of carbonyl (C=O) groups is 1. The highest BCUT2D eigenvalue weighted by Crippen LogP contribution is 2.41. The van der Waals surface area contributed by atoms with E-state index in [0.29, 0.717) is 5.69 Å². The molecular formula is C19H17FN2O2S. The van der Waals surface area contributed by atoms with Gasteiger partial charge in [-0.05, 0) is 55.7 Å². The first kappa shape index (κ1) is 16.1. The average Bonchev–Trinajstić information content (AvgIpc) is 2.78. The van der Waals surface area contributed by atoms with Crippen LogP contribution in [0.3, 0.4) is 0 Å². The highest BCUT2D eigenvalue weighted by atomic mass is 32.2. The van der Waals surface area contributed by atoms with E-state index in [0.717, 1.165) is 47.1 Å². The number of aliphatic imine (C=N–C) groups is 1. The number of amidine groups is 1. The van der Waals surface area contributed by atoms with Gasteiger partial charge in [-0.3, -0.25) is 0 Å². The van der Waals surface area contributed by atoms with Crippen molar-refractivity contribution in [1.29, 1.82) is 0 Å². The molecule has 1 saturated heterocycles. The van der Waals surface area contributed by atoms with Gasteiger partial charge < -0.3 is 10.0 Å². The standard InChI is InChI=1S/C19H17FN2O2S/c20-13-5-7-16-14(11-13)18(22-8-2-1-3-9-22)21-15-10-12(19(23)24)4-6-17(15)25-16/h4-7,10-11H,1-3,8-9H2,(H,23,24). The van der Waals surface area contributed by atoms with Gasteiger partial charge in [-0.25, -0.2) is 14.2 Å². The molecular weight excluding hydrogens is 339 g/mol. The molecule has 0 bridgehead atoms. The number of likely N-dealkylation sites (tertiary alicyclic amines) is 1. The third-order valence-electron chi connectivity index (χ3n) is 4.49. The van der Waals surface area contributed by atoms with Crippen molar-refractivity contribution in [3.63, 3.8) is 0 Å². The van der Waals surface area contributed by atoms with Crippen LogP contribution in [-0.2, 0) is 0 Å². The lowest BCUT2D eigenvalue weighted by Crippen LogP contribution is -2.36. The highest BCUT2D eigenvalue weighted by molar-refractivity contribution is 7.99. The first-order valence-electron chi connectivity index (χ1n) is 8.30. The quantitative estimate of drug-likeness (QED) is 0.814. The minimum atomic E-state index is -0.977. The second kappa shape index (κ2) is 6.52. The number of rotatable bonds is 1. The van der Waals surface area contributed by atoms with Gasteiger partial charge in [0.2, 0.25) is 0 Å². The van der Waals surface area contributed by atoms with E-state index in [4.69, 9.17) is 4.99 Å². The van der Waals surface area contributed by atoms with Gasteiger partial charge in [0.25, 0.3) is 0 Å². The summed E-state index contributed by atoms with van der Waals surface area (Å²) in [5, 5.41) is 9.27. The Labute approximate surface area is 149 Å². The molecule has 4 rings (SSSR count). The van der Waals surface area contributed by atoms with Crippen LogP contribution in [0, 0.1) is 5.82 Å². The maximum absolute atomic E-state index is 13.9. The molecule has 2 aromatic rings. The molecule has 0 spiro atoms. The Morgan fingerprint density at radius 1 is 1.08 bits per heavy atom. The molecule has 1 fully saturated rings. The molecule has 0 unspecified atom stereocenters. The number of aromatic carboxylic acids is 1. The number of fused-ring (bicyclic) bond motifs is 2. The van der Waals surface area contributed by atoms with Gasteiger partial charge in [-0.15, -0.1) is 0 Å². The lowest BCUT2D eigenvalue weighted by atomic mass is 10.1. The van der Waals surface area contributed by atoms with E-state index in [2.05, 4.69) is 4.90 Å². The molecule has 2 aliphatic rings. The Balaban J connectivity index is 1.89. The Hall–Kier alpha value is -2.34. The van der Waals surface area contributed by atoms with Gasteiger partial charge in [-0.2, -0.15) is 0 Å². The molecule has 0 aromatic heterocycles. The van der Waals surface area contributed by atoms with Crippen molar-refractivity contribution in [2.75, 3.05) is 13.1 Å². The van der Waals surface area contributed by atoms with Crippen LogP contribution >= 0.6 is 11.8 Å². The summed E-state index contributed by atoms with van der Waals surface area (Å²) in [5.74, 6) is -0.528. The number of benzene rings is 2. The van der Waals surface area contributed by atoms with E-state index < -0.39 is 5.97 Å². The largest absolute Gasteiger partial charge is 0.478 e. The number of hydrogen-bond donors (Lipinski definition) is 1. The molecule has 4 nitrogen and oxygen atoms in total. The summed E-state index contributed by atoms with van der Waals surface area (Å²) < 4.78 is 13.9. The van der Waals surface area contributed by atoms with Crippen molar-refractivity contribution in [2.45, 2.75) is 29.1 Å². The zero-order valence-electron chi connectivity index (χ0n) is 13.5. The van der Waals surface area contributed by atoms with Crippen molar-refractivity contribution in [1.82, 2.24) is 4.90 Å². The Morgan fingerprint density at radius 2 is 1.84 bits per heavy atom. The summed E-state index contributed by atoms with van der Waals surface area (Å²) in [5.41, 5.74) is 1.61. The Morgan fingerprint density at radius 3 is 2.60 bits per heavy atom. The number of carboxylic acids is 1. The molecule has 0 radical (unpaired) electrons. The van der Waals surface area contributed by atoms with E-state index in [1.54, 1.807) is 24.3 Å². The second-order valence-corrected chi connectivity index (χ2v) is 7.30. The van der Waals surface area contributed by atoms with Crippen LogP contribution in [0.2, 0.25) is 0 Å². The Bertz CT molecular complexity index is 876. The molecule has 2 aliphatic heterocycles. The first-order chi connectivity index (χ1) is 12.1. The second-order valence-electron chi connectivity index (χ2n) is 6.21. The lowest BCUT2D eigenvalue weighted by Gasteiger charge is -2.30. The van der Waals surface area contributed by atoms with Crippen LogP contribution in [0.1, 0.15) is 35.2 Å². The number of halogens is 1. The highest BCUT2D eigenvalue weighted by Gasteiger charge is 2.24. The summed E-state index contributed by atoms with van der Waals surface area (Å²) in [6.07, 6.45) is 3.35. The van der Waals surface area contributed by atoms with Gasteiger partial charge >= 0.3 is 5.97 Å². The number of carboxylic acid groups (broad SMARTS) is 1. The minimum Gasteiger partial charge on any atom is -0.478 e. The smallest absolute Gasteiger partial charge is 0.335 e. The van der Waals surface area contributed by atoms with Gasteiger partial charge in [0.05, 0.1) is 11.3 Å².